The molecule has 0 aromatic carbocycles. The third kappa shape index (κ3) is 6.49. The van der Waals surface area contributed by atoms with Crippen molar-refractivity contribution in [1.82, 2.24) is 9.88 Å². The topological polar surface area (TPSA) is 37.2 Å². The minimum atomic E-state index is 0.170. The smallest absolute Gasteiger partial charge is 0.0431 e. The first-order chi connectivity index (χ1) is 8.01. The predicted octanol–water partition coefficient (Wildman–Crippen LogP) is 2.54. The molecule has 3 heteroatoms. The predicted molar refractivity (Wildman–Crippen MR) is 72.0 cm³/mol. The van der Waals surface area contributed by atoms with Crippen LogP contribution in [-0.4, -0.2) is 21.8 Å². The van der Waals surface area contributed by atoms with E-state index in [9.17, 15) is 0 Å². The summed E-state index contributed by atoms with van der Waals surface area (Å²) in [6.07, 6.45) is 7.50. The summed E-state index contributed by atoms with van der Waals surface area (Å²) in [5.74, 6) is 0. The van der Waals surface area contributed by atoms with E-state index in [-0.39, 0.29) is 5.54 Å². The van der Waals surface area contributed by atoms with E-state index in [4.69, 9.17) is 5.11 Å². The lowest BCUT2D eigenvalue weighted by Crippen LogP contribution is -2.34. The molecule has 2 N–H and O–H groups in total. The van der Waals surface area contributed by atoms with Crippen molar-refractivity contribution < 1.29 is 5.11 Å². The van der Waals surface area contributed by atoms with Crippen LogP contribution in [-0.2, 0) is 13.1 Å². The van der Waals surface area contributed by atoms with Gasteiger partial charge in [0.1, 0.15) is 0 Å². The van der Waals surface area contributed by atoms with Crippen molar-refractivity contribution in [3.05, 3.63) is 24.0 Å². The number of hydrogen-bond donors (Lipinski definition) is 2. The maximum atomic E-state index is 8.70. The van der Waals surface area contributed by atoms with Crippen LogP contribution in [0.2, 0.25) is 0 Å². The van der Waals surface area contributed by atoms with Crippen molar-refractivity contribution in [2.24, 2.45) is 0 Å². The van der Waals surface area contributed by atoms with Crippen molar-refractivity contribution >= 4 is 0 Å². The molecule has 17 heavy (non-hydrogen) atoms. The molecule has 0 radical (unpaired) electrons. The van der Waals surface area contributed by atoms with E-state index in [1.54, 1.807) is 0 Å². The van der Waals surface area contributed by atoms with Crippen molar-refractivity contribution in [2.75, 3.05) is 6.61 Å². The molecule has 0 saturated carbocycles. The highest BCUT2D eigenvalue weighted by Crippen LogP contribution is 2.07. The molecule has 0 unspecified atom stereocenters. The summed E-state index contributed by atoms with van der Waals surface area (Å²) in [5.41, 5.74) is 1.51. The number of nitrogens with one attached hydrogen (secondary N) is 1. The fourth-order valence-corrected chi connectivity index (χ4v) is 1.68. The van der Waals surface area contributed by atoms with Crippen molar-refractivity contribution in [2.45, 2.75) is 58.7 Å². The molecule has 0 atom stereocenters. The lowest BCUT2D eigenvalue weighted by molar-refractivity contribution is 0.282. The Morgan fingerprint density at radius 1 is 1.24 bits per heavy atom. The average Bonchev–Trinajstić information content (AvgIpc) is 2.69. The van der Waals surface area contributed by atoms with E-state index >= 15 is 0 Å². The van der Waals surface area contributed by atoms with Gasteiger partial charge in [-0.2, -0.15) is 0 Å². The Balaban J connectivity index is 2.28. The van der Waals surface area contributed by atoms with Gasteiger partial charge < -0.3 is 15.0 Å². The number of hydrogen-bond acceptors (Lipinski definition) is 2. The molecule has 0 bridgehead atoms. The second kappa shape index (κ2) is 6.82. The Labute approximate surface area is 105 Å². The van der Waals surface area contributed by atoms with Crippen molar-refractivity contribution in [1.29, 1.82) is 0 Å². The van der Waals surface area contributed by atoms with Crippen LogP contribution in [0, 0.1) is 0 Å². The first-order valence-electron chi connectivity index (χ1n) is 6.52. The Morgan fingerprint density at radius 2 is 2.00 bits per heavy atom. The normalized spacial score (nSPS) is 12.0. The summed E-state index contributed by atoms with van der Waals surface area (Å²) in [5, 5.41) is 12.2. The molecule has 0 aliphatic rings. The number of aryl methyl sites for hydroxylation is 1. The van der Waals surface area contributed by atoms with Gasteiger partial charge in [0.25, 0.3) is 0 Å². The van der Waals surface area contributed by atoms with Crippen molar-refractivity contribution in [3.8, 4) is 0 Å². The SMILES string of the molecule is CC(C)(C)NCc1ccn(CCCCCO)c1. The molecule has 0 aliphatic carbocycles. The molecule has 1 rings (SSSR count). The van der Waals surface area contributed by atoms with E-state index in [0.717, 1.165) is 32.4 Å². The zero-order valence-corrected chi connectivity index (χ0v) is 11.4. The number of unbranched alkanes of at least 4 members (excludes halogenated alkanes) is 2. The molecular weight excluding hydrogens is 212 g/mol. The van der Waals surface area contributed by atoms with Gasteiger partial charge in [-0.1, -0.05) is 0 Å². The first-order valence-corrected chi connectivity index (χ1v) is 6.52. The number of aromatic nitrogens is 1. The molecule has 1 aromatic heterocycles. The van der Waals surface area contributed by atoms with Crippen LogP contribution >= 0.6 is 0 Å². The molecule has 3 nitrogen and oxygen atoms in total. The number of aliphatic hydroxyl groups excluding tert-OH is 1. The number of nitrogens with zero attached hydrogens (tertiary/aromatic N) is 1. The summed E-state index contributed by atoms with van der Waals surface area (Å²) in [4.78, 5) is 0. The fourth-order valence-electron chi connectivity index (χ4n) is 1.68. The molecule has 0 aliphatic heterocycles. The highest BCUT2D eigenvalue weighted by atomic mass is 16.2. The van der Waals surface area contributed by atoms with E-state index < -0.39 is 0 Å². The summed E-state index contributed by atoms with van der Waals surface area (Å²) >= 11 is 0. The largest absolute Gasteiger partial charge is 0.396 e. The van der Waals surface area contributed by atoms with Crippen LogP contribution in [0.15, 0.2) is 18.5 Å². The summed E-state index contributed by atoms with van der Waals surface area (Å²) in [6, 6.07) is 2.17. The third-order valence-corrected chi connectivity index (χ3v) is 2.71. The molecular formula is C14H26N2O. The van der Waals surface area contributed by atoms with Crippen LogP contribution in [0.3, 0.4) is 0 Å². The average molecular weight is 238 g/mol. The zero-order valence-electron chi connectivity index (χ0n) is 11.4. The van der Waals surface area contributed by atoms with Gasteiger partial charge in [0, 0.05) is 37.6 Å². The van der Waals surface area contributed by atoms with Crippen LogP contribution in [0.4, 0.5) is 0 Å². The second-order valence-corrected chi connectivity index (χ2v) is 5.65. The highest BCUT2D eigenvalue weighted by Gasteiger charge is 2.08. The summed E-state index contributed by atoms with van der Waals surface area (Å²) < 4.78 is 2.23. The molecule has 98 valence electrons. The van der Waals surface area contributed by atoms with Crippen molar-refractivity contribution in [3.63, 3.8) is 0 Å². The van der Waals surface area contributed by atoms with Gasteiger partial charge >= 0.3 is 0 Å². The van der Waals surface area contributed by atoms with Gasteiger partial charge in [0.2, 0.25) is 0 Å². The first kappa shape index (κ1) is 14.3. The van der Waals surface area contributed by atoms with Gasteiger partial charge in [-0.25, -0.2) is 0 Å². The summed E-state index contributed by atoms with van der Waals surface area (Å²) in [7, 11) is 0. The van der Waals surface area contributed by atoms with Gasteiger partial charge in [0.05, 0.1) is 0 Å². The number of aliphatic hydroxyl groups is 1. The highest BCUT2D eigenvalue weighted by molar-refractivity contribution is 5.10. The van der Waals surface area contributed by atoms with Gasteiger partial charge in [-0.3, -0.25) is 0 Å². The Morgan fingerprint density at radius 3 is 2.65 bits per heavy atom. The van der Waals surface area contributed by atoms with E-state index in [1.165, 1.54) is 5.56 Å². The van der Waals surface area contributed by atoms with Gasteiger partial charge in [0.15, 0.2) is 0 Å². The minimum absolute atomic E-state index is 0.170. The fraction of sp³-hybridized carbons (Fsp3) is 0.714. The maximum absolute atomic E-state index is 8.70. The molecule has 0 fully saturated rings. The Hall–Kier alpha value is -0.800. The Bertz CT molecular complexity index is 312. The van der Waals surface area contributed by atoms with Gasteiger partial charge in [-0.15, -0.1) is 0 Å². The maximum Gasteiger partial charge on any atom is 0.0431 e. The summed E-state index contributed by atoms with van der Waals surface area (Å²) in [6.45, 7) is 8.83. The molecule has 1 aromatic rings. The van der Waals surface area contributed by atoms with E-state index in [0.29, 0.717) is 6.61 Å². The van der Waals surface area contributed by atoms with Crippen LogP contribution in [0.1, 0.15) is 45.6 Å². The molecule has 1 heterocycles. The van der Waals surface area contributed by atoms with Crippen LogP contribution in [0.25, 0.3) is 0 Å². The monoisotopic (exact) mass is 238 g/mol. The van der Waals surface area contributed by atoms with E-state index in [2.05, 4.69) is 49.1 Å². The molecule has 0 saturated heterocycles. The van der Waals surface area contributed by atoms with Crippen LogP contribution < -0.4 is 5.32 Å². The minimum Gasteiger partial charge on any atom is -0.396 e. The third-order valence-electron chi connectivity index (χ3n) is 2.71. The quantitative estimate of drug-likeness (QED) is 0.716. The molecule has 0 spiro atoms. The van der Waals surface area contributed by atoms with Gasteiger partial charge in [-0.05, 0) is 51.7 Å². The second-order valence-electron chi connectivity index (χ2n) is 5.65. The lowest BCUT2D eigenvalue weighted by atomic mass is 10.1. The van der Waals surface area contributed by atoms with E-state index in [1.807, 2.05) is 0 Å². The number of rotatable bonds is 7. The standard InChI is InChI=1S/C14H26N2O/c1-14(2,3)15-11-13-7-9-16(12-13)8-5-4-6-10-17/h7,9,12,15,17H,4-6,8,10-11H2,1-3H3. The van der Waals surface area contributed by atoms with Crippen LogP contribution in [0.5, 0.6) is 0 Å². The Kier molecular flexibility index (Phi) is 5.72. The molecule has 0 amide bonds. The lowest BCUT2D eigenvalue weighted by Gasteiger charge is -2.19. The zero-order chi connectivity index (χ0) is 12.7.